The van der Waals surface area contributed by atoms with E-state index in [4.69, 9.17) is 4.74 Å². The van der Waals surface area contributed by atoms with Crippen molar-refractivity contribution in [1.29, 1.82) is 0 Å². The van der Waals surface area contributed by atoms with E-state index in [1.165, 1.54) is 0 Å². The SMILES string of the molecule is CNC(C)c1ccccc1OC(C)C(=O)NC(C)(C)C. The summed E-state index contributed by atoms with van der Waals surface area (Å²) >= 11 is 0. The maximum Gasteiger partial charge on any atom is 0.261 e. The summed E-state index contributed by atoms with van der Waals surface area (Å²) in [5, 5.41) is 6.10. The van der Waals surface area contributed by atoms with Crippen molar-refractivity contribution in [2.75, 3.05) is 7.05 Å². The normalized spacial score (nSPS) is 14.5. The lowest BCUT2D eigenvalue weighted by Gasteiger charge is -2.25. The molecular formula is C16H26N2O2. The highest BCUT2D eigenvalue weighted by Crippen LogP contribution is 2.25. The predicted octanol–water partition coefficient (Wildman–Crippen LogP) is 2.65. The summed E-state index contributed by atoms with van der Waals surface area (Å²) in [5.41, 5.74) is 0.789. The highest BCUT2D eigenvalue weighted by Gasteiger charge is 2.21. The van der Waals surface area contributed by atoms with Crippen molar-refractivity contribution < 1.29 is 9.53 Å². The maximum absolute atomic E-state index is 12.1. The third-order valence-electron chi connectivity index (χ3n) is 2.99. The number of ether oxygens (including phenoxy) is 1. The van der Waals surface area contributed by atoms with Gasteiger partial charge in [-0.15, -0.1) is 0 Å². The molecule has 4 nitrogen and oxygen atoms in total. The lowest BCUT2D eigenvalue weighted by Crippen LogP contribution is -2.46. The molecule has 2 atom stereocenters. The van der Waals surface area contributed by atoms with E-state index in [2.05, 4.69) is 17.6 Å². The van der Waals surface area contributed by atoms with Crippen molar-refractivity contribution in [3.8, 4) is 5.75 Å². The first-order valence-corrected chi connectivity index (χ1v) is 6.99. The minimum atomic E-state index is -0.528. The van der Waals surface area contributed by atoms with Crippen molar-refractivity contribution in [3.63, 3.8) is 0 Å². The van der Waals surface area contributed by atoms with E-state index >= 15 is 0 Å². The van der Waals surface area contributed by atoms with Crippen LogP contribution in [0.2, 0.25) is 0 Å². The number of nitrogens with one attached hydrogen (secondary N) is 2. The molecule has 0 aliphatic rings. The fraction of sp³-hybridized carbons (Fsp3) is 0.562. The summed E-state index contributed by atoms with van der Waals surface area (Å²) in [5.74, 6) is 0.635. The molecule has 0 fully saturated rings. The summed E-state index contributed by atoms with van der Waals surface area (Å²) in [4.78, 5) is 12.1. The van der Waals surface area contributed by atoms with Crippen LogP contribution >= 0.6 is 0 Å². The molecule has 20 heavy (non-hydrogen) atoms. The van der Waals surface area contributed by atoms with Gasteiger partial charge in [-0.3, -0.25) is 4.79 Å². The topological polar surface area (TPSA) is 50.4 Å². The van der Waals surface area contributed by atoms with Crippen LogP contribution in [0.15, 0.2) is 24.3 Å². The summed E-state index contributed by atoms with van der Waals surface area (Å²) in [6, 6.07) is 7.95. The third-order valence-corrected chi connectivity index (χ3v) is 2.99. The number of carbonyl (C=O) groups is 1. The Morgan fingerprint density at radius 1 is 1.20 bits per heavy atom. The molecule has 0 bridgehead atoms. The second-order valence-corrected chi connectivity index (χ2v) is 6.05. The molecule has 0 aromatic heterocycles. The lowest BCUT2D eigenvalue weighted by molar-refractivity contribution is -0.128. The number of hydrogen-bond acceptors (Lipinski definition) is 3. The Morgan fingerprint density at radius 3 is 2.35 bits per heavy atom. The van der Waals surface area contributed by atoms with Crippen LogP contribution in [0.5, 0.6) is 5.75 Å². The van der Waals surface area contributed by atoms with Crippen LogP contribution in [0.3, 0.4) is 0 Å². The Morgan fingerprint density at radius 2 is 1.80 bits per heavy atom. The first kappa shape index (κ1) is 16.5. The largest absolute Gasteiger partial charge is 0.481 e. The summed E-state index contributed by atoms with van der Waals surface area (Å²) in [7, 11) is 1.90. The minimum Gasteiger partial charge on any atom is -0.481 e. The third kappa shape index (κ3) is 4.85. The number of benzene rings is 1. The van der Waals surface area contributed by atoms with Crippen molar-refractivity contribution in [3.05, 3.63) is 29.8 Å². The zero-order chi connectivity index (χ0) is 15.3. The van der Waals surface area contributed by atoms with Crippen LogP contribution < -0.4 is 15.4 Å². The molecule has 1 aromatic carbocycles. The molecule has 0 aliphatic carbocycles. The predicted molar refractivity (Wildman–Crippen MR) is 81.9 cm³/mol. The van der Waals surface area contributed by atoms with Gasteiger partial charge >= 0.3 is 0 Å². The summed E-state index contributed by atoms with van der Waals surface area (Å²) < 4.78 is 5.82. The molecule has 0 saturated heterocycles. The van der Waals surface area contributed by atoms with E-state index in [9.17, 15) is 4.79 Å². The second kappa shape index (κ2) is 6.75. The molecule has 1 aromatic rings. The van der Waals surface area contributed by atoms with Gasteiger partial charge in [-0.05, 0) is 47.7 Å². The molecule has 112 valence electrons. The Balaban J connectivity index is 2.80. The summed E-state index contributed by atoms with van der Waals surface area (Å²) in [6.07, 6.45) is -0.528. The van der Waals surface area contributed by atoms with Gasteiger partial charge in [0.25, 0.3) is 5.91 Å². The average molecular weight is 278 g/mol. The van der Waals surface area contributed by atoms with Gasteiger partial charge in [0.2, 0.25) is 0 Å². The van der Waals surface area contributed by atoms with Crippen LogP contribution in [0.1, 0.15) is 46.2 Å². The van der Waals surface area contributed by atoms with Gasteiger partial charge in [-0.2, -0.15) is 0 Å². The fourth-order valence-corrected chi connectivity index (χ4v) is 1.82. The van der Waals surface area contributed by atoms with E-state index in [0.717, 1.165) is 11.3 Å². The van der Waals surface area contributed by atoms with Crippen LogP contribution in [-0.2, 0) is 4.79 Å². The van der Waals surface area contributed by atoms with Crippen molar-refractivity contribution >= 4 is 5.91 Å². The summed E-state index contributed by atoms with van der Waals surface area (Å²) in [6.45, 7) is 9.68. The van der Waals surface area contributed by atoms with Crippen molar-refractivity contribution in [1.82, 2.24) is 10.6 Å². The smallest absolute Gasteiger partial charge is 0.261 e. The average Bonchev–Trinajstić information content (AvgIpc) is 2.36. The molecular weight excluding hydrogens is 252 g/mol. The highest BCUT2D eigenvalue weighted by atomic mass is 16.5. The molecule has 1 rings (SSSR count). The van der Waals surface area contributed by atoms with Crippen LogP contribution in [0, 0.1) is 0 Å². The monoisotopic (exact) mass is 278 g/mol. The molecule has 0 saturated carbocycles. The van der Waals surface area contributed by atoms with Crippen molar-refractivity contribution in [2.24, 2.45) is 0 Å². The lowest BCUT2D eigenvalue weighted by atomic mass is 10.1. The van der Waals surface area contributed by atoms with E-state index in [-0.39, 0.29) is 17.5 Å². The van der Waals surface area contributed by atoms with Gasteiger partial charge in [-0.1, -0.05) is 18.2 Å². The van der Waals surface area contributed by atoms with E-state index in [0.29, 0.717) is 0 Å². The molecule has 2 N–H and O–H groups in total. The first-order chi connectivity index (χ1) is 9.24. The van der Waals surface area contributed by atoms with E-state index < -0.39 is 6.10 Å². The number of carbonyl (C=O) groups excluding carboxylic acids is 1. The van der Waals surface area contributed by atoms with Gasteiger partial charge < -0.3 is 15.4 Å². The highest BCUT2D eigenvalue weighted by molar-refractivity contribution is 5.81. The van der Waals surface area contributed by atoms with Gasteiger partial charge in [0, 0.05) is 17.1 Å². The fourth-order valence-electron chi connectivity index (χ4n) is 1.82. The number of para-hydroxylation sites is 1. The first-order valence-electron chi connectivity index (χ1n) is 6.99. The molecule has 0 aliphatic heterocycles. The molecule has 0 radical (unpaired) electrons. The number of amides is 1. The number of hydrogen-bond donors (Lipinski definition) is 2. The van der Waals surface area contributed by atoms with Gasteiger partial charge in [-0.25, -0.2) is 0 Å². The molecule has 4 heteroatoms. The van der Waals surface area contributed by atoms with Crippen LogP contribution in [0.25, 0.3) is 0 Å². The molecule has 0 spiro atoms. The van der Waals surface area contributed by atoms with Crippen molar-refractivity contribution in [2.45, 2.75) is 52.3 Å². The van der Waals surface area contributed by atoms with Gasteiger partial charge in [0.1, 0.15) is 5.75 Å². The quantitative estimate of drug-likeness (QED) is 0.870. The van der Waals surface area contributed by atoms with Gasteiger partial charge in [0.15, 0.2) is 6.10 Å². The zero-order valence-electron chi connectivity index (χ0n) is 13.3. The number of rotatable bonds is 5. The van der Waals surface area contributed by atoms with Gasteiger partial charge in [0.05, 0.1) is 0 Å². The Bertz CT molecular complexity index is 452. The minimum absolute atomic E-state index is 0.107. The zero-order valence-corrected chi connectivity index (χ0v) is 13.3. The van der Waals surface area contributed by atoms with Crippen LogP contribution in [-0.4, -0.2) is 24.6 Å². The standard InChI is InChI=1S/C16H26N2O2/c1-11(17-6)13-9-7-8-10-14(13)20-12(2)15(19)18-16(3,4)5/h7-12,17H,1-6H3,(H,18,19). The molecule has 2 unspecified atom stereocenters. The second-order valence-electron chi connectivity index (χ2n) is 6.05. The van der Waals surface area contributed by atoms with Crippen LogP contribution in [0.4, 0.5) is 0 Å². The molecule has 0 heterocycles. The van der Waals surface area contributed by atoms with E-state index in [1.807, 2.05) is 52.1 Å². The Kier molecular flexibility index (Phi) is 5.57. The Hall–Kier alpha value is -1.55. The molecule has 1 amide bonds. The maximum atomic E-state index is 12.1. The van der Waals surface area contributed by atoms with E-state index in [1.54, 1.807) is 6.92 Å². The Labute approximate surface area is 121 Å².